The first-order chi connectivity index (χ1) is 7.06. The Morgan fingerprint density at radius 1 is 1.47 bits per heavy atom. The Kier molecular flexibility index (Phi) is 4.61. The van der Waals surface area contributed by atoms with E-state index in [2.05, 4.69) is 40.9 Å². The van der Waals surface area contributed by atoms with Crippen molar-refractivity contribution in [1.82, 2.24) is 0 Å². The Morgan fingerprint density at radius 2 is 2.13 bits per heavy atom. The second kappa shape index (κ2) is 5.52. The summed E-state index contributed by atoms with van der Waals surface area (Å²) in [6, 6.07) is 6.07. The first-order valence-corrected chi connectivity index (χ1v) is 6.04. The molecule has 0 radical (unpaired) electrons. The highest BCUT2D eigenvalue weighted by atomic mass is 79.9. The fraction of sp³-hybridized carbons (Fsp3) is 0.500. The first-order valence-electron chi connectivity index (χ1n) is 5.25. The highest BCUT2D eigenvalue weighted by Crippen LogP contribution is 2.27. The SMILES string of the molecule is CCCN(C)c1ccc(C(C)O)c(Br)c1. The number of aliphatic hydroxyl groups is 1. The summed E-state index contributed by atoms with van der Waals surface area (Å²) in [5.74, 6) is 0. The van der Waals surface area contributed by atoms with E-state index >= 15 is 0 Å². The van der Waals surface area contributed by atoms with Crippen LogP contribution in [0.4, 0.5) is 5.69 Å². The fourth-order valence-electron chi connectivity index (χ4n) is 1.56. The summed E-state index contributed by atoms with van der Waals surface area (Å²) in [6.45, 7) is 4.98. The van der Waals surface area contributed by atoms with Crippen molar-refractivity contribution in [2.75, 3.05) is 18.5 Å². The molecule has 0 heterocycles. The normalized spacial score (nSPS) is 12.6. The van der Waals surface area contributed by atoms with Crippen LogP contribution in [0.2, 0.25) is 0 Å². The molecule has 1 atom stereocenters. The van der Waals surface area contributed by atoms with E-state index < -0.39 is 6.10 Å². The molecule has 1 aromatic rings. The van der Waals surface area contributed by atoms with Crippen molar-refractivity contribution < 1.29 is 5.11 Å². The molecule has 0 aliphatic carbocycles. The van der Waals surface area contributed by atoms with Crippen LogP contribution in [0.1, 0.15) is 31.9 Å². The standard InChI is InChI=1S/C12H18BrNO/c1-4-7-14(3)10-5-6-11(9(2)15)12(13)8-10/h5-6,8-9,15H,4,7H2,1-3H3. The summed E-state index contributed by atoms with van der Waals surface area (Å²) in [4.78, 5) is 2.20. The lowest BCUT2D eigenvalue weighted by molar-refractivity contribution is 0.198. The van der Waals surface area contributed by atoms with Crippen molar-refractivity contribution in [2.45, 2.75) is 26.4 Å². The van der Waals surface area contributed by atoms with Gasteiger partial charge in [0.25, 0.3) is 0 Å². The van der Waals surface area contributed by atoms with Gasteiger partial charge in [0, 0.05) is 23.8 Å². The third kappa shape index (κ3) is 3.21. The van der Waals surface area contributed by atoms with Crippen LogP contribution in [0.15, 0.2) is 22.7 Å². The highest BCUT2D eigenvalue weighted by molar-refractivity contribution is 9.10. The van der Waals surface area contributed by atoms with Crippen LogP contribution in [-0.4, -0.2) is 18.7 Å². The van der Waals surface area contributed by atoms with Crippen molar-refractivity contribution in [3.8, 4) is 0 Å². The van der Waals surface area contributed by atoms with E-state index in [1.807, 2.05) is 12.1 Å². The van der Waals surface area contributed by atoms with E-state index in [0.717, 1.165) is 23.0 Å². The van der Waals surface area contributed by atoms with Crippen molar-refractivity contribution >= 4 is 21.6 Å². The highest BCUT2D eigenvalue weighted by Gasteiger charge is 2.08. The Bertz CT molecular complexity index is 325. The summed E-state index contributed by atoms with van der Waals surface area (Å²) in [5, 5.41) is 9.49. The van der Waals surface area contributed by atoms with Gasteiger partial charge in [-0.25, -0.2) is 0 Å². The summed E-state index contributed by atoms with van der Waals surface area (Å²) >= 11 is 3.48. The van der Waals surface area contributed by atoms with E-state index in [9.17, 15) is 5.11 Å². The third-order valence-corrected chi connectivity index (χ3v) is 3.12. The minimum Gasteiger partial charge on any atom is -0.389 e. The Balaban J connectivity index is 2.91. The van der Waals surface area contributed by atoms with Crippen LogP contribution in [0.3, 0.4) is 0 Å². The van der Waals surface area contributed by atoms with Crippen LogP contribution in [0.5, 0.6) is 0 Å². The Morgan fingerprint density at radius 3 is 2.60 bits per heavy atom. The molecule has 3 heteroatoms. The Labute approximate surface area is 100 Å². The second-order valence-corrected chi connectivity index (χ2v) is 4.66. The molecule has 15 heavy (non-hydrogen) atoms. The predicted octanol–water partition coefficient (Wildman–Crippen LogP) is 3.35. The third-order valence-electron chi connectivity index (χ3n) is 2.43. The first kappa shape index (κ1) is 12.5. The van der Waals surface area contributed by atoms with Gasteiger partial charge in [0.05, 0.1) is 6.10 Å². The molecule has 1 unspecified atom stereocenters. The second-order valence-electron chi connectivity index (χ2n) is 3.80. The Hall–Kier alpha value is -0.540. The molecule has 0 fully saturated rings. The molecule has 0 saturated carbocycles. The maximum absolute atomic E-state index is 9.49. The zero-order valence-corrected chi connectivity index (χ0v) is 11.1. The number of rotatable bonds is 4. The minimum atomic E-state index is -0.426. The largest absolute Gasteiger partial charge is 0.389 e. The average Bonchev–Trinajstić information content (AvgIpc) is 2.17. The van der Waals surface area contributed by atoms with Gasteiger partial charge in [-0.1, -0.05) is 28.9 Å². The van der Waals surface area contributed by atoms with Crippen LogP contribution < -0.4 is 4.90 Å². The molecule has 0 aliphatic heterocycles. The van der Waals surface area contributed by atoms with Crippen LogP contribution in [0, 0.1) is 0 Å². The van der Waals surface area contributed by atoms with Gasteiger partial charge in [0.2, 0.25) is 0 Å². The van der Waals surface area contributed by atoms with E-state index in [1.165, 1.54) is 5.69 Å². The zero-order valence-electron chi connectivity index (χ0n) is 9.50. The number of benzene rings is 1. The topological polar surface area (TPSA) is 23.5 Å². The van der Waals surface area contributed by atoms with Gasteiger partial charge in [0.1, 0.15) is 0 Å². The zero-order chi connectivity index (χ0) is 11.4. The molecule has 1 rings (SSSR count). The fourth-order valence-corrected chi connectivity index (χ4v) is 2.25. The van der Waals surface area contributed by atoms with Gasteiger partial charge in [0.15, 0.2) is 0 Å². The van der Waals surface area contributed by atoms with Gasteiger partial charge >= 0.3 is 0 Å². The number of nitrogens with zero attached hydrogens (tertiary/aromatic N) is 1. The van der Waals surface area contributed by atoms with E-state index in [4.69, 9.17) is 0 Å². The molecular weight excluding hydrogens is 254 g/mol. The van der Waals surface area contributed by atoms with Crippen LogP contribution in [0.25, 0.3) is 0 Å². The molecule has 0 aliphatic rings. The molecule has 2 nitrogen and oxygen atoms in total. The molecule has 0 bridgehead atoms. The van der Waals surface area contributed by atoms with Gasteiger partial charge in [-0.3, -0.25) is 0 Å². The summed E-state index contributed by atoms with van der Waals surface area (Å²) < 4.78 is 0.970. The maximum atomic E-state index is 9.49. The average molecular weight is 272 g/mol. The van der Waals surface area contributed by atoms with Crippen molar-refractivity contribution in [3.05, 3.63) is 28.2 Å². The lowest BCUT2D eigenvalue weighted by atomic mass is 10.1. The van der Waals surface area contributed by atoms with Gasteiger partial charge in [-0.05, 0) is 31.0 Å². The van der Waals surface area contributed by atoms with E-state index in [0.29, 0.717) is 0 Å². The van der Waals surface area contributed by atoms with Crippen molar-refractivity contribution in [2.24, 2.45) is 0 Å². The molecule has 0 spiro atoms. The van der Waals surface area contributed by atoms with E-state index in [-0.39, 0.29) is 0 Å². The number of hydrogen-bond donors (Lipinski definition) is 1. The smallest absolute Gasteiger partial charge is 0.0772 e. The van der Waals surface area contributed by atoms with Crippen molar-refractivity contribution in [1.29, 1.82) is 0 Å². The summed E-state index contributed by atoms with van der Waals surface area (Å²) in [6.07, 6.45) is 0.705. The van der Waals surface area contributed by atoms with Crippen molar-refractivity contribution in [3.63, 3.8) is 0 Å². The molecule has 84 valence electrons. The van der Waals surface area contributed by atoms with Crippen LogP contribution in [-0.2, 0) is 0 Å². The van der Waals surface area contributed by atoms with E-state index in [1.54, 1.807) is 6.92 Å². The number of aliphatic hydroxyl groups excluding tert-OH is 1. The predicted molar refractivity (Wildman–Crippen MR) is 68.3 cm³/mol. The van der Waals surface area contributed by atoms with Gasteiger partial charge < -0.3 is 10.0 Å². The molecule has 0 amide bonds. The minimum absolute atomic E-state index is 0.426. The molecular formula is C12H18BrNO. The number of anilines is 1. The van der Waals surface area contributed by atoms with Gasteiger partial charge in [-0.15, -0.1) is 0 Å². The molecule has 1 N–H and O–H groups in total. The monoisotopic (exact) mass is 271 g/mol. The number of halogens is 1. The lowest BCUT2D eigenvalue weighted by Gasteiger charge is -2.19. The molecule has 0 aromatic heterocycles. The summed E-state index contributed by atoms with van der Waals surface area (Å²) in [5.41, 5.74) is 2.11. The van der Waals surface area contributed by atoms with Gasteiger partial charge in [-0.2, -0.15) is 0 Å². The molecule has 0 saturated heterocycles. The number of hydrogen-bond acceptors (Lipinski definition) is 2. The quantitative estimate of drug-likeness (QED) is 0.908. The summed E-state index contributed by atoms with van der Waals surface area (Å²) in [7, 11) is 2.08. The van der Waals surface area contributed by atoms with Crippen LogP contribution >= 0.6 is 15.9 Å². The maximum Gasteiger partial charge on any atom is 0.0772 e. The molecule has 1 aromatic carbocycles. The lowest BCUT2D eigenvalue weighted by Crippen LogP contribution is -2.17.